The van der Waals surface area contributed by atoms with Crippen molar-refractivity contribution in [1.29, 1.82) is 0 Å². The Morgan fingerprint density at radius 3 is 2.58 bits per heavy atom. The zero-order chi connectivity index (χ0) is 9.40. The SMILES string of the molecule is C=C(CN)CN(CCC)CCO. The fraction of sp³-hybridized carbons (Fsp3) is 0.778. The molecular formula is C9H20N2O. The number of nitrogens with two attached hydrogens (primary N) is 1. The molecule has 0 saturated heterocycles. The maximum absolute atomic E-state index is 8.75. The largest absolute Gasteiger partial charge is 0.395 e. The predicted octanol–water partition coefficient (Wildman–Crippen LogP) is 0.206. The van der Waals surface area contributed by atoms with Gasteiger partial charge in [-0.05, 0) is 18.5 Å². The molecule has 0 unspecified atom stereocenters. The standard InChI is InChI=1S/C9H20N2O/c1-3-4-11(5-6-12)8-9(2)7-10/h12H,2-8,10H2,1H3. The molecule has 0 aliphatic heterocycles. The Morgan fingerprint density at radius 1 is 1.50 bits per heavy atom. The van der Waals surface area contributed by atoms with Crippen molar-refractivity contribution in [3.05, 3.63) is 12.2 Å². The predicted molar refractivity (Wildman–Crippen MR) is 52.0 cm³/mol. The summed E-state index contributed by atoms with van der Waals surface area (Å²) in [6.45, 7) is 9.21. The van der Waals surface area contributed by atoms with Crippen molar-refractivity contribution in [2.24, 2.45) is 5.73 Å². The number of hydrogen-bond donors (Lipinski definition) is 2. The lowest BCUT2D eigenvalue weighted by atomic mass is 10.2. The van der Waals surface area contributed by atoms with Crippen molar-refractivity contribution in [2.45, 2.75) is 13.3 Å². The van der Waals surface area contributed by atoms with Gasteiger partial charge < -0.3 is 10.8 Å². The molecule has 0 fully saturated rings. The molecule has 3 heteroatoms. The summed E-state index contributed by atoms with van der Waals surface area (Å²) >= 11 is 0. The maximum Gasteiger partial charge on any atom is 0.0558 e. The van der Waals surface area contributed by atoms with Crippen LogP contribution in [0.25, 0.3) is 0 Å². The molecule has 0 amide bonds. The van der Waals surface area contributed by atoms with Crippen LogP contribution in [0, 0.1) is 0 Å². The maximum atomic E-state index is 8.75. The van der Waals surface area contributed by atoms with Gasteiger partial charge in [0.05, 0.1) is 6.61 Å². The number of aliphatic hydroxyl groups excluding tert-OH is 1. The molecule has 0 saturated carbocycles. The van der Waals surface area contributed by atoms with E-state index in [9.17, 15) is 0 Å². The van der Waals surface area contributed by atoms with Gasteiger partial charge in [0.25, 0.3) is 0 Å². The third-order valence-corrected chi connectivity index (χ3v) is 1.69. The monoisotopic (exact) mass is 172 g/mol. The summed E-state index contributed by atoms with van der Waals surface area (Å²) in [6, 6.07) is 0. The molecule has 72 valence electrons. The van der Waals surface area contributed by atoms with E-state index < -0.39 is 0 Å². The minimum absolute atomic E-state index is 0.206. The summed E-state index contributed by atoms with van der Waals surface area (Å²) in [5.74, 6) is 0. The summed E-state index contributed by atoms with van der Waals surface area (Å²) in [5, 5.41) is 8.75. The lowest BCUT2D eigenvalue weighted by Gasteiger charge is -2.20. The Morgan fingerprint density at radius 2 is 2.17 bits per heavy atom. The molecule has 0 aromatic carbocycles. The van der Waals surface area contributed by atoms with Crippen molar-refractivity contribution in [1.82, 2.24) is 4.90 Å². The molecule has 0 bridgehead atoms. The van der Waals surface area contributed by atoms with Crippen molar-refractivity contribution < 1.29 is 5.11 Å². The van der Waals surface area contributed by atoms with Gasteiger partial charge in [0.15, 0.2) is 0 Å². The molecule has 12 heavy (non-hydrogen) atoms. The summed E-state index contributed by atoms with van der Waals surface area (Å²) in [6.07, 6.45) is 1.10. The van der Waals surface area contributed by atoms with Gasteiger partial charge in [0.2, 0.25) is 0 Å². The van der Waals surface area contributed by atoms with E-state index in [-0.39, 0.29) is 6.61 Å². The zero-order valence-electron chi connectivity index (χ0n) is 7.92. The third kappa shape index (κ3) is 5.29. The van der Waals surface area contributed by atoms with Crippen LogP contribution < -0.4 is 5.73 Å². The Hall–Kier alpha value is -0.380. The number of nitrogens with zero attached hydrogens (tertiary/aromatic N) is 1. The normalized spacial score (nSPS) is 10.7. The lowest BCUT2D eigenvalue weighted by molar-refractivity contribution is 0.206. The first-order chi connectivity index (χ1) is 5.74. The molecule has 0 heterocycles. The minimum Gasteiger partial charge on any atom is -0.395 e. The molecule has 0 spiro atoms. The van der Waals surface area contributed by atoms with Crippen LogP contribution in [-0.2, 0) is 0 Å². The molecule has 3 N–H and O–H groups in total. The van der Waals surface area contributed by atoms with E-state index in [2.05, 4.69) is 18.4 Å². The van der Waals surface area contributed by atoms with Crippen LogP contribution in [0.15, 0.2) is 12.2 Å². The average molecular weight is 172 g/mol. The van der Waals surface area contributed by atoms with E-state index in [0.717, 1.165) is 25.1 Å². The van der Waals surface area contributed by atoms with E-state index in [1.54, 1.807) is 0 Å². The quantitative estimate of drug-likeness (QED) is 0.540. The van der Waals surface area contributed by atoms with E-state index in [0.29, 0.717) is 13.1 Å². The highest BCUT2D eigenvalue weighted by Crippen LogP contribution is 1.96. The Bertz CT molecular complexity index is 120. The summed E-state index contributed by atoms with van der Waals surface area (Å²) in [5.41, 5.74) is 6.45. The summed E-state index contributed by atoms with van der Waals surface area (Å²) < 4.78 is 0. The summed E-state index contributed by atoms with van der Waals surface area (Å²) in [4.78, 5) is 2.16. The number of rotatable bonds is 7. The minimum atomic E-state index is 0.206. The van der Waals surface area contributed by atoms with Gasteiger partial charge in [-0.25, -0.2) is 0 Å². The highest BCUT2D eigenvalue weighted by molar-refractivity contribution is 4.98. The Balaban J connectivity index is 3.68. The lowest BCUT2D eigenvalue weighted by Crippen LogP contribution is -2.31. The first-order valence-corrected chi connectivity index (χ1v) is 4.44. The average Bonchev–Trinajstić information content (AvgIpc) is 2.05. The highest BCUT2D eigenvalue weighted by Gasteiger charge is 2.03. The van der Waals surface area contributed by atoms with Crippen LogP contribution in [-0.4, -0.2) is 42.8 Å². The molecule has 0 atom stereocenters. The molecule has 0 aliphatic carbocycles. The molecule has 0 aromatic rings. The van der Waals surface area contributed by atoms with E-state index >= 15 is 0 Å². The van der Waals surface area contributed by atoms with Crippen molar-refractivity contribution in [3.63, 3.8) is 0 Å². The second kappa shape index (κ2) is 7.28. The Labute approximate surface area is 74.9 Å². The fourth-order valence-electron chi connectivity index (χ4n) is 1.11. The van der Waals surface area contributed by atoms with Gasteiger partial charge in [-0.15, -0.1) is 0 Å². The topological polar surface area (TPSA) is 49.5 Å². The smallest absolute Gasteiger partial charge is 0.0558 e. The van der Waals surface area contributed by atoms with Gasteiger partial charge in [-0.2, -0.15) is 0 Å². The molecule has 0 aliphatic rings. The van der Waals surface area contributed by atoms with Crippen LogP contribution in [0.2, 0.25) is 0 Å². The van der Waals surface area contributed by atoms with Gasteiger partial charge >= 0.3 is 0 Å². The van der Waals surface area contributed by atoms with Crippen LogP contribution in [0.5, 0.6) is 0 Å². The van der Waals surface area contributed by atoms with Crippen molar-refractivity contribution >= 4 is 0 Å². The number of hydrogen-bond acceptors (Lipinski definition) is 3. The van der Waals surface area contributed by atoms with Crippen LogP contribution in [0.1, 0.15) is 13.3 Å². The molecule has 0 aromatic heterocycles. The van der Waals surface area contributed by atoms with Gasteiger partial charge in [-0.1, -0.05) is 13.5 Å². The van der Waals surface area contributed by atoms with E-state index in [4.69, 9.17) is 10.8 Å². The first kappa shape index (κ1) is 11.6. The highest BCUT2D eigenvalue weighted by atomic mass is 16.3. The van der Waals surface area contributed by atoms with Crippen molar-refractivity contribution in [2.75, 3.05) is 32.8 Å². The first-order valence-electron chi connectivity index (χ1n) is 4.44. The van der Waals surface area contributed by atoms with Gasteiger partial charge in [-0.3, -0.25) is 4.90 Å². The van der Waals surface area contributed by atoms with Crippen molar-refractivity contribution in [3.8, 4) is 0 Å². The third-order valence-electron chi connectivity index (χ3n) is 1.69. The second-order valence-electron chi connectivity index (χ2n) is 2.95. The second-order valence-corrected chi connectivity index (χ2v) is 2.95. The summed E-state index contributed by atoms with van der Waals surface area (Å²) in [7, 11) is 0. The Kier molecular flexibility index (Phi) is 7.05. The van der Waals surface area contributed by atoms with E-state index in [1.165, 1.54) is 0 Å². The molecule has 0 rings (SSSR count). The van der Waals surface area contributed by atoms with Gasteiger partial charge in [0.1, 0.15) is 0 Å². The van der Waals surface area contributed by atoms with Crippen LogP contribution in [0.4, 0.5) is 0 Å². The van der Waals surface area contributed by atoms with Crippen LogP contribution in [0.3, 0.4) is 0 Å². The molecule has 3 nitrogen and oxygen atoms in total. The van der Waals surface area contributed by atoms with Crippen LogP contribution >= 0.6 is 0 Å². The fourth-order valence-corrected chi connectivity index (χ4v) is 1.11. The molecular weight excluding hydrogens is 152 g/mol. The number of aliphatic hydroxyl groups is 1. The zero-order valence-corrected chi connectivity index (χ0v) is 7.92. The van der Waals surface area contributed by atoms with Gasteiger partial charge in [0, 0.05) is 19.6 Å². The molecule has 0 radical (unpaired) electrons. The van der Waals surface area contributed by atoms with E-state index in [1.807, 2.05) is 0 Å².